The molecule has 0 aliphatic carbocycles. The van der Waals surface area contributed by atoms with E-state index < -0.39 is 0 Å². The largest absolute Gasteiger partial charge is 0.221 e. The van der Waals surface area contributed by atoms with Crippen molar-refractivity contribution in [2.75, 3.05) is 0 Å². The van der Waals surface area contributed by atoms with Gasteiger partial charge in [0.05, 0.1) is 6.07 Å². The summed E-state index contributed by atoms with van der Waals surface area (Å²) in [6.45, 7) is 1.94. The van der Waals surface area contributed by atoms with Crippen molar-refractivity contribution in [1.29, 1.82) is 5.26 Å². The number of pyridine rings is 1. The van der Waals surface area contributed by atoms with Crippen LogP contribution in [0, 0.1) is 11.3 Å². The Morgan fingerprint density at radius 1 is 1.67 bits per heavy atom. The maximum atomic E-state index is 8.89. The van der Waals surface area contributed by atoms with E-state index in [1.165, 1.54) is 0 Å². The number of fused-ring (bicyclic) bond motifs is 1. The van der Waals surface area contributed by atoms with E-state index in [9.17, 15) is 0 Å². The molecule has 0 N–H and O–H groups in total. The quantitative estimate of drug-likeness (QED) is 0.781. The average molecular weight is 221 g/mol. The van der Waals surface area contributed by atoms with Crippen LogP contribution in [0.3, 0.4) is 0 Å². The van der Waals surface area contributed by atoms with E-state index in [1.807, 2.05) is 6.92 Å². The molecule has 0 saturated heterocycles. The number of aromatic nitrogens is 3. The third-order valence-electron chi connectivity index (χ3n) is 2.19. The minimum absolute atomic E-state index is 0.247. The second-order valence-corrected chi connectivity index (χ2v) is 3.64. The molecule has 0 saturated carbocycles. The number of hydrogen-bond acceptors (Lipinski definition) is 3. The Hall–Kier alpha value is -1.60. The summed E-state index contributed by atoms with van der Waals surface area (Å²) in [5.74, 6) is 0.311. The van der Waals surface area contributed by atoms with Crippen LogP contribution in [0.4, 0.5) is 0 Å². The van der Waals surface area contributed by atoms with Gasteiger partial charge in [-0.25, -0.2) is 9.50 Å². The van der Waals surface area contributed by atoms with Crippen molar-refractivity contribution in [2.24, 2.45) is 0 Å². The molecule has 0 spiro atoms. The standard InChI is InChI=1S/C10H9ClN4/c1-2-7(6-12)10-13-9-5-8(11)3-4-15(9)14-10/h3-5,7H,2H2,1H3. The van der Waals surface area contributed by atoms with Crippen molar-refractivity contribution in [2.45, 2.75) is 19.3 Å². The number of halogens is 1. The summed E-state index contributed by atoms with van der Waals surface area (Å²) in [6, 6.07) is 5.63. The van der Waals surface area contributed by atoms with Gasteiger partial charge in [-0.15, -0.1) is 5.10 Å². The molecule has 5 heteroatoms. The summed E-state index contributed by atoms with van der Waals surface area (Å²) in [5.41, 5.74) is 0.672. The van der Waals surface area contributed by atoms with E-state index in [0.717, 1.165) is 0 Å². The molecule has 4 nitrogen and oxygen atoms in total. The second kappa shape index (κ2) is 3.87. The Morgan fingerprint density at radius 3 is 3.13 bits per heavy atom. The van der Waals surface area contributed by atoms with Crippen LogP contribution < -0.4 is 0 Å². The lowest BCUT2D eigenvalue weighted by Crippen LogP contribution is -1.96. The molecule has 0 aliphatic rings. The van der Waals surface area contributed by atoms with Crippen LogP contribution in [-0.4, -0.2) is 14.6 Å². The monoisotopic (exact) mass is 220 g/mol. The van der Waals surface area contributed by atoms with Crippen LogP contribution in [0.25, 0.3) is 5.65 Å². The first kappa shape index (κ1) is 9.94. The summed E-state index contributed by atoms with van der Waals surface area (Å²) in [6.07, 6.45) is 2.44. The van der Waals surface area contributed by atoms with Crippen molar-refractivity contribution < 1.29 is 0 Å². The molecule has 0 aliphatic heterocycles. The van der Waals surface area contributed by atoms with Gasteiger partial charge in [-0.3, -0.25) is 0 Å². The minimum Gasteiger partial charge on any atom is -0.221 e. The Kier molecular flexibility index (Phi) is 2.57. The third-order valence-corrected chi connectivity index (χ3v) is 2.43. The van der Waals surface area contributed by atoms with Crippen molar-refractivity contribution in [3.8, 4) is 6.07 Å². The lowest BCUT2D eigenvalue weighted by atomic mass is 10.1. The maximum Gasteiger partial charge on any atom is 0.168 e. The molecule has 1 atom stereocenters. The molecule has 76 valence electrons. The predicted molar refractivity (Wildman–Crippen MR) is 56.6 cm³/mol. The molecule has 0 fully saturated rings. The number of hydrogen-bond donors (Lipinski definition) is 0. The van der Waals surface area contributed by atoms with Crippen LogP contribution in [0.15, 0.2) is 18.3 Å². The molecule has 2 rings (SSSR count). The molecular formula is C10H9ClN4. The van der Waals surface area contributed by atoms with Crippen LogP contribution in [0.5, 0.6) is 0 Å². The highest BCUT2D eigenvalue weighted by atomic mass is 35.5. The summed E-state index contributed by atoms with van der Waals surface area (Å²) in [7, 11) is 0. The first-order chi connectivity index (χ1) is 7.24. The number of nitrogens with zero attached hydrogens (tertiary/aromatic N) is 4. The summed E-state index contributed by atoms with van der Waals surface area (Å²) < 4.78 is 1.63. The van der Waals surface area contributed by atoms with E-state index in [-0.39, 0.29) is 5.92 Å². The third kappa shape index (κ3) is 1.79. The van der Waals surface area contributed by atoms with Crippen LogP contribution in [-0.2, 0) is 0 Å². The zero-order valence-corrected chi connectivity index (χ0v) is 8.94. The average Bonchev–Trinajstić information content (AvgIpc) is 2.62. The first-order valence-electron chi connectivity index (χ1n) is 4.66. The lowest BCUT2D eigenvalue weighted by molar-refractivity contribution is 0.745. The van der Waals surface area contributed by atoms with Crippen molar-refractivity contribution in [3.63, 3.8) is 0 Å². The van der Waals surface area contributed by atoms with Gasteiger partial charge < -0.3 is 0 Å². The molecule has 0 bridgehead atoms. The predicted octanol–water partition coefficient (Wildman–Crippen LogP) is 2.40. The molecule has 15 heavy (non-hydrogen) atoms. The Morgan fingerprint density at radius 2 is 2.47 bits per heavy atom. The van der Waals surface area contributed by atoms with Gasteiger partial charge in [-0.05, 0) is 12.5 Å². The highest BCUT2D eigenvalue weighted by molar-refractivity contribution is 6.30. The molecule has 0 radical (unpaired) electrons. The Balaban J connectivity index is 2.52. The van der Waals surface area contributed by atoms with Gasteiger partial charge >= 0.3 is 0 Å². The topological polar surface area (TPSA) is 54.0 Å². The highest BCUT2D eigenvalue weighted by Crippen LogP contribution is 2.17. The fourth-order valence-electron chi connectivity index (χ4n) is 1.35. The zero-order valence-electron chi connectivity index (χ0n) is 8.18. The van der Waals surface area contributed by atoms with Crippen LogP contribution in [0.2, 0.25) is 5.02 Å². The first-order valence-corrected chi connectivity index (χ1v) is 5.04. The van der Waals surface area contributed by atoms with Gasteiger partial charge in [0.2, 0.25) is 0 Å². The Labute approximate surface area is 92.1 Å². The van der Waals surface area contributed by atoms with Crippen LogP contribution in [0.1, 0.15) is 25.1 Å². The summed E-state index contributed by atoms with van der Waals surface area (Å²) in [4.78, 5) is 4.26. The molecule has 0 amide bonds. The lowest BCUT2D eigenvalue weighted by Gasteiger charge is -1.96. The maximum absolute atomic E-state index is 8.89. The van der Waals surface area contributed by atoms with Gasteiger partial charge in [0.25, 0.3) is 0 Å². The van der Waals surface area contributed by atoms with E-state index >= 15 is 0 Å². The normalized spacial score (nSPS) is 12.6. The molecule has 1 unspecified atom stereocenters. The van der Waals surface area contributed by atoms with E-state index in [4.69, 9.17) is 16.9 Å². The number of nitriles is 1. The van der Waals surface area contributed by atoms with Gasteiger partial charge in [0.15, 0.2) is 11.5 Å². The van der Waals surface area contributed by atoms with Crippen molar-refractivity contribution in [1.82, 2.24) is 14.6 Å². The highest BCUT2D eigenvalue weighted by Gasteiger charge is 2.14. The van der Waals surface area contributed by atoms with Gasteiger partial charge in [-0.1, -0.05) is 18.5 Å². The summed E-state index contributed by atoms with van der Waals surface area (Å²) >= 11 is 5.83. The smallest absolute Gasteiger partial charge is 0.168 e. The molecule has 2 heterocycles. The van der Waals surface area contributed by atoms with Gasteiger partial charge in [0, 0.05) is 17.3 Å². The SMILES string of the molecule is CCC(C#N)c1nc2cc(Cl)ccn2n1. The summed E-state index contributed by atoms with van der Waals surface area (Å²) in [5, 5.41) is 13.7. The van der Waals surface area contributed by atoms with E-state index in [2.05, 4.69) is 16.2 Å². The van der Waals surface area contributed by atoms with Crippen LogP contribution >= 0.6 is 11.6 Å². The Bertz CT molecular complexity index is 526. The zero-order chi connectivity index (χ0) is 10.8. The fourth-order valence-corrected chi connectivity index (χ4v) is 1.51. The molecule has 2 aromatic heterocycles. The fraction of sp³-hybridized carbons (Fsp3) is 0.300. The van der Waals surface area contributed by atoms with Gasteiger partial charge in [-0.2, -0.15) is 5.26 Å². The van der Waals surface area contributed by atoms with Gasteiger partial charge in [0.1, 0.15) is 5.92 Å². The molecule has 2 aromatic rings. The van der Waals surface area contributed by atoms with E-state index in [1.54, 1.807) is 22.8 Å². The minimum atomic E-state index is -0.247. The second-order valence-electron chi connectivity index (χ2n) is 3.21. The molecular weight excluding hydrogens is 212 g/mol. The molecule has 0 aromatic carbocycles. The van der Waals surface area contributed by atoms with Crippen molar-refractivity contribution in [3.05, 3.63) is 29.2 Å². The van der Waals surface area contributed by atoms with E-state index in [0.29, 0.717) is 22.9 Å². The number of rotatable bonds is 2. The van der Waals surface area contributed by atoms with Crippen molar-refractivity contribution >= 4 is 17.2 Å².